The number of hydrogen-bond acceptors (Lipinski definition) is 4. The van der Waals surface area contributed by atoms with Crippen LogP contribution in [0.2, 0.25) is 0 Å². The molecule has 4 rings (SSSR count). The lowest BCUT2D eigenvalue weighted by atomic mass is 9.41. The minimum absolute atomic E-state index is 0.0739. The first kappa shape index (κ1) is 19.7. The number of nitrogens with zero attached hydrogens (tertiary/aromatic N) is 1. The van der Waals surface area contributed by atoms with Crippen LogP contribution in [-0.2, 0) is 4.84 Å². The second kappa shape index (κ2) is 6.73. The highest BCUT2D eigenvalue weighted by Gasteiger charge is 2.62. The van der Waals surface area contributed by atoms with Gasteiger partial charge in [-0.1, -0.05) is 32.9 Å². The van der Waals surface area contributed by atoms with Gasteiger partial charge in [-0.25, -0.2) is 0 Å². The summed E-state index contributed by atoms with van der Waals surface area (Å²) in [5, 5.41) is 15.2. The zero-order chi connectivity index (χ0) is 19.4. The van der Waals surface area contributed by atoms with Crippen molar-refractivity contribution in [2.45, 2.75) is 85.2 Å². The van der Waals surface area contributed by atoms with Crippen LogP contribution in [0.25, 0.3) is 0 Å². The third-order valence-electron chi connectivity index (χ3n) is 9.72. The van der Waals surface area contributed by atoms with Crippen molar-refractivity contribution in [3.63, 3.8) is 0 Å². The van der Waals surface area contributed by atoms with Crippen LogP contribution in [0.15, 0.2) is 5.16 Å². The van der Waals surface area contributed by atoms with Crippen LogP contribution >= 0.6 is 0 Å². The second-order valence-corrected chi connectivity index (χ2v) is 11.0. The van der Waals surface area contributed by atoms with Crippen LogP contribution in [-0.4, -0.2) is 30.1 Å². The molecule has 7 atom stereocenters. The molecule has 0 spiro atoms. The van der Waals surface area contributed by atoms with E-state index in [9.17, 15) is 5.11 Å². The van der Waals surface area contributed by atoms with Crippen LogP contribution in [0.5, 0.6) is 0 Å². The molecule has 0 heterocycles. The molecule has 0 aliphatic heterocycles. The van der Waals surface area contributed by atoms with E-state index in [1.165, 1.54) is 44.2 Å². The van der Waals surface area contributed by atoms with E-state index < -0.39 is 0 Å². The first-order chi connectivity index (χ1) is 12.7. The molecule has 0 saturated heterocycles. The first-order valence-corrected chi connectivity index (χ1v) is 11.3. The maximum atomic E-state index is 10.7. The molecule has 0 amide bonds. The van der Waals surface area contributed by atoms with Gasteiger partial charge < -0.3 is 15.7 Å². The molecule has 4 saturated carbocycles. The average Bonchev–Trinajstić information content (AvgIpc) is 2.92. The van der Waals surface area contributed by atoms with E-state index >= 15 is 0 Å². The number of rotatable bonds is 3. The van der Waals surface area contributed by atoms with Crippen molar-refractivity contribution in [1.29, 1.82) is 0 Å². The predicted octanol–water partition coefficient (Wildman–Crippen LogP) is 4.36. The molecule has 3 N–H and O–H groups in total. The second-order valence-electron chi connectivity index (χ2n) is 11.0. The molecule has 0 aromatic rings. The molecule has 4 aliphatic carbocycles. The Morgan fingerprint density at radius 3 is 2.48 bits per heavy atom. The van der Waals surface area contributed by atoms with Crippen molar-refractivity contribution in [3.05, 3.63) is 0 Å². The Bertz CT molecular complexity index is 603. The number of fused-ring (bicyclic) bond motifs is 5. The minimum Gasteiger partial charge on any atom is -0.394 e. The summed E-state index contributed by atoms with van der Waals surface area (Å²) in [5.41, 5.74) is 7.48. The van der Waals surface area contributed by atoms with Gasteiger partial charge in [-0.3, -0.25) is 0 Å². The van der Waals surface area contributed by atoms with Crippen molar-refractivity contribution >= 4 is 5.71 Å². The van der Waals surface area contributed by atoms with Crippen LogP contribution in [0.1, 0.15) is 79.1 Å². The van der Waals surface area contributed by atoms with Crippen molar-refractivity contribution in [2.24, 2.45) is 50.8 Å². The van der Waals surface area contributed by atoms with Gasteiger partial charge in [0.2, 0.25) is 0 Å². The summed E-state index contributed by atoms with van der Waals surface area (Å²) in [4.78, 5) is 5.49. The van der Waals surface area contributed by atoms with Crippen LogP contribution in [0.4, 0.5) is 0 Å². The standard InChI is InChI=1S/C23H40N2O2/c1-21(2)18-7-5-15-16-6-8-20(26)23(16,4)11-9-17(15)22(18,3)12-10-19(21)25-27-14-13-24/h15-18,20,26H,5-14,24H2,1-4H3/b25-19+/t15-,16-,17-,18?,20-,22+,23-/m0/s1. The van der Waals surface area contributed by atoms with Crippen molar-refractivity contribution in [1.82, 2.24) is 0 Å². The van der Waals surface area contributed by atoms with Gasteiger partial charge in [0.15, 0.2) is 0 Å². The predicted molar refractivity (Wildman–Crippen MR) is 109 cm³/mol. The number of hydrogen-bond donors (Lipinski definition) is 2. The molecular weight excluding hydrogens is 336 g/mol. The third-order valence-corrected chi connectivity index (χ3v) is 9.72. The highest BCUT2D eigenvalue weighted by molar-refractivity contribution is 5.90. The van der Waals surface area contributed by atoms with E-state index in [4.69, 9.17) is 10.6 Å². The van der Waals surface area contributed by atoms with Crippen LogP contribution in [0.3, 0.4) is 0 Å². The lowest BCUT2D eigenvalue weighted by molar-refractivity contribution is -0.131. The normalized spacial score (nSPS) is 50.0. The zero-order valence-corrected chi connectivity index (χ0v) is 17.8. The molecule has 154 valence electrons. The van der Waals surface area contributed by atoms with E-state index in [2.05, 4.69) is 32.9 Å². The van der Waals surface area contributed by atoms with E-state index in [0.717, 1.165) is 30.6 Å². The maximum Gasteiger partial charge on any atom is 0.129 e. The lowest BCUT2D eigenvalue weighted by Crippen LogP contribution is -2.58. The lowest BCUT2D eigenvalue weighted by Gasteiger charge is -2.63. The SMILES string of the molecule is CC1(C)/C(=N/OCCN)CC[C@@]2(C)C1CC[C@H]1[C@@H]3CC[C@H](O)[C@@]3(C)CC[C@@H]12. The van der Waals surface area contributed by atoms with Gasteiger partial charge in [-0.2, -0.15) is 0 Å². The summed E-state index contributed by atoms with van der Waals surface area (Å²) in [6.45, 7) is 10.8. The minimum atomic E-state index is -0.0739. The molecule has 0 bridgehead atoms. The van der Waals surface area contributed by atoms with E-state index in [-0.39, 0.29) is 16.9 Å². The van der Waals surface area contributed by atoms with E-state index in [1.807, 2.05) is 0 Å². The fourth-order valence-electron chi connectivity index (χ4n) is 8.22. The Morgan fingerprint density at radius 1 is 1.00 bits per heavy atom. The molecule has 0 radical (unpaired) electrons. The van der Waals surface area contributed by atoms with Gasteiger partial charge in [0.25, 0.3) is 0 Å². The topological polar surface area (TPSA) is 67.8 Å². The Hall–Kier alpha value is -0.610. The van der Waals surface area contributed by atoms with Gasteiger partial charge in [0, 0.05) is 12.0 Å². The van der Waals surface area contributed by atoms with E-state index in [1.54, 1.807) is 0 Å². The largest absolute Gasteiger partial charge is 0.394 e. The highest BCUT2D eigenvalue weighted by atomic mass is 16.6. The summed E-state index contributed by atoms with van der Waals surface area (Å²) < 4.78 is 0. The Labute approximate surface area is 165 Å². The summed E-state index contributed by atoms with van der Waals surface area (Å²) >= 11 is 0. The molecule has 4 fully saturated rings. The smallest absolute Gasteiger partial charge is 0.129 e. The van der Waals surface area contributed by atoms with Crippen molar-refractivity contribution < 1.29 is 9.94 Å². The molecule has 4 aliphatic rings. The Balaban J connectivity index is 1.59. The molecular formula is C23H40N2O2. The average molecular weight is 377 g/mol. The van der Waals surface area contributed by atoms with Crippen molar-refractivity contribution in [3.8, 4) is 0 Å². The molecule has 27 heavy (non-hydrogen) atoms. The zero-order valence-electron chi connectivity index (χ0n) is 17.8. The van der Waals surface area contributed by atoms with Gasteiger partial charge in [-0.15, -0.1) is 0 Å². The maximum absolute atomic E-state index is 10.7. The highest BCUT2D eigenvalue weighted by Crippen LogP contribution is 2.68. The third kappa shape index (κ3) is 2.80. The summed E-state index contributed by atoms with van der Waals surface area (Å²) in [7, 11) is 0. The van der Waals surface area contributed by atoms with Crippen LogP contribution < -0.4 is 5.73 Å². The monoisotopic (exact) mass is 376 g/mol. The number of aliphatic hydroxyl groups excluding tert-OH is 1. The summed E-state index contributed by atoms with van der Waals surface area (Å²) in [6, 6.07) is 0. The summed E-state index contributed by atoms with van der Waals surface area (Å²) in [5.74, 6) is 3.03. The van der Waals surface area contributed by atoms with Gasteiger partial charge in [0.1, 0.15) is 6.61 Å². The quantitative estimate of drug-likeness (QED) is 0.568. The van der Waals surface area contributed by atoms with Crippen LogP contribution in [0, 0.1) is 39.9 Å². The Morgan fingerprint density at radius 2 is 1.74 bits per heavy atom. The number of nitrogens with two attached hydrogens (primary N) is 1. The Kier molecular flexibility index (Phi) is 4.91. The summed E-state index contributed by atoms with van der Waals surface area (Å²) in [6.07, 6.45) is 9.61. The molecule has 4 heteroatoms. The number of oxime groups is 1. The van der Waals surface area contributed by atoms with Gasteiger partial charge >= 0.3 is 0 Å². The molecule has 0 aromatic carbocycles. The van der Waals surface area contributed by atoms with Gasteiger partial charge in [-0.05, 0) is 85.9 Å². The molecule has 1 unspecified atom stereocenters. The molecule has 0 aromatic heterocycles. The fourth-order valence-corrected chi connectivity index (χ4v) is 8.22. The number of aliphatic hydroxyl groups is 1. The molecule has 4 nitrogen and oxygen atoms in total. The first-order valence-electron chi connectivity index (χ1n) is 11.3. The van der Waals surface area contributed by atoms with E-state index in [0.29, 0.717) is 24.5 Å². The van der Waals surface area contributed by atoms with Gasteiger partial charge in [0.05, 0.1) is 11.8 Å². The van der Waals surface area contributed by atoms with Crippen molar-refractivity contribution in [2.75, 3.05) is 13.2 Å². The fraction of sp³-hybridized carbons (Fsp3) is 0.957.